The number of fused-ring (bicyclic) bond motifs is 1. The highest BCUT2D eigenvalue weighted by atomic mass is 16.5. The molecule has 2 aromatic rings. The van der Waals surface area contributed by atoms with Gasteiger partial charge in [-0.2, -0.15) is 0 Å². The van der Waals surface area contributed by atoms with Gasteiger partial charge in [0, 0.05) is 44.5 Å². The summed E-state index contributed by atoms with van der Waals surface area (Å²) < 4.78 is 5.14. The molecule has 1 aliphatic rings. The van der Waals surface area contributed by atoms with Crippen LogP contribution in [0.3, 0.4) is 0 Å². The van der Waals surface area contributed by atoms with Crippen LogP contribution in [-0.2, 0) is 28.9 Å². The number of rotatable bonds is 9. The maximum atomic E-state index is 12.5. The third-order valence-electron chi connectivity index (χ3n) is 5.15. The van der Waals surface area contributed by atoms with Crippen LogP contribution < -0.4 is 4.90 Å². The molecule has 3 rings (SSSR count). The molecule has 0 aliphatic carbocycles. The average Bonchev–Trinajstić information content (AvgIpc) is 2.69. The van der Waals surface area contributed by atoms with E-state index in [1.807, 2.05) is 17.9 Å². The van der Waals surface area contributed by atoms with Crippen LogP contribution in [0.2, 0.25) is 0 Å². The Morgan fingerprint density at radius 3 is 2.71 bits per heavy atom. The van der Waals surface area contributed by atoms with E-state index in [1.165, 1.54) is 5.56 Å². The summed E-state index contributed by atoms with van der Waals surface area (Å²) in [5.41, 5.74) is 3.42. The number of aryl methyl sites for hydroxylation is 1. The molecule has 28 heavy (non-hydrogen) atoms. The van der Waals surface area contributed by atoms with Gasteiger partial charge in [0.1, 0.15) is 11.6 Å². The number of ether oxygens (including phenoxy) is 1. The second-order valence-corrected chi connectivity index (χ2v) is 7.39. The second-order valence-electron chi connectivity index (χ2n) is 7.39. The molecule has 0 spiro atoms. The molecule has 0 bridgehead atoms. The molecular formula is C22H30N4O2. The van der Waals surface area contributed by atoms with Gasteiger partial charge in [-0.05, 0) is 38.8 Å². The Labute approximate surface area is 167 Å². The quantitative estimate of drug-likeness (QED) is 0.624. The highest BCUT2D eigenvalue weighted by Gasteiger charge is 2.27. The molecule has 0 saturated carbocycles. The third kappa shape index (κ3) is 5.14. The number of anilines is 1. The Balaban J connectivity index is 1.70. The summed E-state index contributed by atoms with van der Waals surface area (Å²) in [6, 6.07) is 10.5. The molecule has 1 aromatic carbocycles. The second kappa shape index (κ2) is 9.75. The van der Waals surface area contributed by atoms with E-state index in [-0.39, 0.29) is 5.91 Å². The van der Waals surface area contributed by atoms with Crippen molar-refractivity contribution in [3.05, 3.63) is 53.0 Å². The van der Waals surface area contributed by atoms with Crippen LogP contribution >= 0.6 is 0 Å². The van der Waals surface area contributed by atoms with Crippen molar-refractivity contribution in [3.8, 4) is 0 Å². The van der Waals surface area contributed by atoms with Crippen molar-refractivity contribution in [2.24, 2.45) is 0 Å². The number of carbonyl (C=O) groups excluding carboxylic acids is 1. The monoisotopic (exact) mass is 382 g/mol. The summed E-state index contributed by atoms with van der Waals surface area (Å²) in [5, 5.41) is 0. The lowest BCUT2D eigenvalue weighted by Crippen LogP contribution is -2.38. The zero-order valence-corrected chi connectivity index (χ0v) is 17.1. The van der Waals surface area contributed by atoms with E-state index in [0.29, 0.717) is 26.1 Å². The minimum atomic E-state index is 0.144. The molecule has 0 atom stereocenters. The summed E-state index contributed by atoms with van der Waals surface area (Å²) >= 11 is 0. The summed E-state index contributed by atoms with van der Waals surface area (Å²) in [5.74, 6) is 1.72. The lowest BCUT2D eigenvalue weighted by molar-refractivity contribution is -0.119. The molecule has 1 aliphatic heterocycles. The Bertz CT molecular complexity index is 795. The third-order valence-corrected chi connectivity index (χ3v) is 5.15. The molecule has 1 aromatic heterocycles. The molecule has 1 amide bonds. The van der Waals surface area contributed by atoms with Gasteiger partial charge in [-0.15, -0.1) is 0 Å². The Morgan fingerprint density at radius 2 is 1.96 bits per heavy atom. The number of nitrogens with zero attached hydrogens (tertiary/aromatic N) is 4. The van der Waals surface area contributed by atoms with Crippen LogP contribution in [0, 0.1) is 6.92 Å². The fourth-order valence-corrected chi connectivity index (χ4v) is 3.59. The van der Waals surface area contributed by atoms with E-state index >= 15 is 0 Å². The first kappa shape index (κ1) is 20.4. The predicted molar refractivity (Wildman–Crippen MR) is 110 cm³/mol. The average molecular weight is 383 g/mol. The molecule has 2 heterocycles. The zero-order chi connectivity index (χ0) is 19.9. The number of hydrogen-bond donors (Lipinski definition) is 0. The molecule has 0 fully saturated rings. The summed E-state index contributed by atoms with van der Waals surface area (Å²) in [4.78, 5) is 26.0. The number of carbonyl (C=O) groups is 1. The topological polar surface area (TPSA) is 58.6 Å². The summed E-state index contributed by atoms with van der Waals surface area (Å²) in [6.45, 7) is 4.90. The van der Waals surface area contributed by atoms with E-state index in [2.05, 4.69) is 36.2 Å². The van der Waals surface area contributed by atoms with Crippen LogP contribution in [-0.4, -0.2) is 54.6 Å². The largest absolute Gasteiger partial charge is 0.385 e. The predicted octanol–water partition coefficient (Wildman–Crippen LogP) is 2.78. The Hall–Kier alpha value is -2.31. The fourth-order valence-electron chi connectivity index (χ4n) is 3.59. The van der Waals surface area contributed by atoms with Crippen molar-refractivity contribution in [3.63, 3.8) is 0 Å². The molecule has 0 unspecified atom stereocenters. The maximum Gasteiger partial charge on any atom is 0.228 e. The summed E-state index contributed by atoms with van der Waals surface area (Å²) in [6.07, 6.45) is 3.05. The first-order valence-electron chi connectivity index (χ1n) is 9.96. The molecule has 150 valence electrons. The smallest absolute Gasteiger partial charge is 0.228 e. The van der Waals surface area contributed by atoms with E-state index in [4.69, 9.17) is 14.7 Å². The summed E-state index contributed by atoms with van der Waals surface area (Å²) in [7, 11) is 3.77. The van der Waals surface area contributed by atoms with Crippen molar-refractivity contribution < 1.29 is 9.53 Å². The van der Waals surface area contributed by atoms with Gasteiger partial charge in [0.15, 0.2) is 0 Å². The van der Waals surface area contributed by atoms with Gasteiger partial charge in [-0.25, -0.2) is 9.97 Å². The van der Waals surface area contributed by atoms with Gasteiger partial charge in [0.2, 0.25) is 5.91 Å². The molecular weight excluding hydrogens is 352 g/mol. The van der Waals surface area contributed by atoms with E-state index in [0.717, 1.165) is 48.7 Å². The number of aromatic nitrogens is 2. The zero-order valence-electron chi connectivity index (χ0n) is 17.1. The minimum Gasteiger partial charge on any atom is -0.385 e. The molecule has 0 radical (unpaired) electrons. The van der Waals surface area contributed by atoms with E-state index in [1.54, 1.807) is 7.11 Å². The SMILES string of the molecule is COCCCN1C(=O)CCc2c(C)nc(CN(C)CCc3ccccc3)nc21. The molecule has 0 N–H and O–H groups in total. The van der Waals surface area contributed by atoms with Gasteiger partial charge in [-0.1, -0.05) is 30.3 Å². The van der Waals surface area contributed by atoms with Crippen molar-refractivity contribution in [1.29, 1.82) is 0 Å². The number of methoxy groups -OCH3 is 1. The van der Waals surface area contributed by atoms with Crippen molar-refractivity contribution >= 4 is 11.7 Å². The fraction of sp³-hybridized carbons (Fsp3) is 0.500. The lowest BCUT2D eigenvalue weighted by Gasteiger charge is -2.29. The maximum absolute atomic E-state index is 12.5. The van der Waals surface area contributed by atoms with Crippen molar-refractivity contribution in [1.82, 2.24) is 14.9 Å². The van der Waals surface area contributed by atoms with Crippen LogP contribution in [0.15, 0.2) is 30.3 Å². The van der Waals surface area contributed by atoms with Gasteiger partial charge in [0.25, 0.3) is 0 Å². The number of benzene rings is 1. The lowest BCUT2D eigenvalue weighted by atomic mass is 10.0. The first-order chi connectivity index (χ1) is 13.6. The van der Waals surface area contributed by atoms with Gasteiger partial charge in [0.05, 0.1) is 6.54 Å². The van der Waals surface area contributed by atoms with Gasteiger partial charge in [-0.3, -0.25) is 14.6 Å². The number of hydrogen-bond acceptors (Lipinski definition) is 5. The van der Waals surface area contributed by atoms with Crippen LogP contribution in [0.25, 0.3) is 0 Å². The Morgan fingerprint density at radius 1 is 1.18 bits per heavy atom. The number of likely N-dealkylation sites (N-methyl/N-ethyl adjacent to an activating group) is 1. The molecule has 0 saturated heterocycles. The van der Waals surface area contributed by atoms with E-state index in [9.17, 15) is 4.79 Å². The van der Waals surface area contributed by atoms with Gasteiger partial charge < -0.3 is 4.74 Å². The van der Waals surface area contributed by atoms with Crippen LogP contribution in [0.4, 0.5) is 5.82 Å². The highest BCUT2D eigenvalue weighted by molar-refractivity contribution is 5.95. The van der Waals surface area contributed by atoms with Crippen LogP contribution in [0.5, 0.6) is 0 Å². The number of amides is 1. The standard InChI is InChI=1S/C22H30N4O2/c1-17-19-10-11-21(27)26(13-7-15-28-3)22(19)24-20(23-17)16-25(2)14-12-18-8-5-4-6-9-18/h4-6,8-9H,7,10-16H2,1-3H3. The van der Waals surface area contributed by atoms with Gasteiger partial charge >= 0.3 is 0 Å². The minimum absolute atomic E-state index is 0.144. The van der Waals surface area contributed by atoms with Crippen molar-refractivity contribution in [2.45, 2.75) is 39.2 Å². The van der Waals surface area contributed by atoms with Crippen molar-refractivity contribution in [2.75, 3.05) is 38.8 Å². The first-order valence-corrected chi connectivity index (χ1v) is 9.96. The highest BCUT2D eigenvalue weighted by Crippen LogP contribution is 2.28. The molecule has 6 nitrogen and oxygen atoms in total. The Kier molecular flexibility index (Phi) is 7.12. The van der Waals surface area contributed by atoms with E-state index < -0.39 is 0 Å². The van der Waals surface area contributed by atoms with Crippen LogP contribution in [0.1, 0.15) is 35.5 Å². The molecule has 6 heteroatoms. The normalized spacial score (nSPS) is 13.9.